The van der Waals surface area contributed by atoms with E-state index >= 15 is 0 Å². The summed E-state index contributed by atoms with van der Waals surface area (Å²) in [4.78, 5) is 11.5. The first-order chi connectivity index (χ1) is 8.26. The average Bonchev–Trinajstić information content (AvgIpc) is 2.59. The third-order valence-electron chi connectivity index (χ3n) is 2.38. The van der Waals surface area contributed by atoms with Crippen LogP contribution in [0.2, 0.25) is 0 Å². The van der Waals surface area contributed by atoms with E-state index in [4.69, 9.17) is 0 Å². The Bertz CT molecular complexity index is 507. The molecule has 0 aromatic carbocycles. The second-order valence-corrected chi connectivity index (χ2v) is 6.85. The van der Waals surface area contributed by atoms with Crippen molar-refractivity contribution < 1.29 is 13.2 Å². The minimum Gasteiger partial charge on any atom is -0.353 e. The minimum atomic E-state index is -3.09. The molecule has 0 bridgehead atoms. The van der Waals surface area contributed by atoms with Gasteiger partial charge in [-0.25, -0.2) is 8.42 Å². The Hall–Kier alpha value is -1.37. The van der Waals surface area contributed by atoms with Crippen molar-refractivity contribution >= 4 is 15.7 Å². The number of rotatable bonds is 6. The Balaban J connectivity index is 2.36. The summed E-state index contributed by atoms with van der Waals surface area (Å²) in [6.07, 6.45) is 1.74. The molecule has 1 heterocycles. The molecule has 0 aliphatic rings. The predicted molar refractivity (Wildman–Crippen MR) is 69.0 cm³/mol. The largest absolute Gasteiger partial charge is 0.353 e. The molecule has 2 N–H and O–H groups in total. The first-order valence-electron chi connectivity index (χ1n) is 5.74. The number of carbonyl (C=O) groups excluding carboxylic acids is 1. The van der Waals surface area contributed by atoms with Crippen LogP contribution in [0.1, 0.15) is 24.7 Å². The van der Waals surface area contributed by atoms with Crippen LogP contribution in [-0.2, 0) is 21.1 Å². The van der Waals surface area contributed by atoms with Crippen LogP contribution in [0.15, 0.2) is 6.07 Å². The Morgan fingerprint density at radius 2 is 2.22 bits per heavy atom. The monoisotopic (exact) mass is 273 g/mol. The van der Waals surface area contributed by atoms with Crippen LogP contribution in [0.4, 0.5) is 0 Å². The Labute approximate surface area is 107 Å². The van der Waals surface area contributed by atoms with Gasteiger partial charge in [0.1, 0.15) is 9.84 Å². The molecular formula is C11H19N3O3S. The van der Waals surface area contributed by atoms with Gasteiger partial charge in [0.2, 0.25) is 5.91 Å². The number of hydrogen-bond acceptors (Lipinski definition) is 4. The molecule has 0 radical (unpaired) electrons. The van der Waals surface area contributed by atoms with Gasteiger partial charge in [-0.1, -0.05) is 0 Å². The van der Waals surface area contributed by atoms with Crippen molar-refractivity contribution in [2.45, 2.75) is 32.7 Å². The lowest BCUT2D eigenvalue weighted by Gasteiger charge is -2.12. The van der Waals surface area contributed by atoms with Gasteiger partial charge in [0.05, 0.1) is 11.4 Å². The summed E-state index contributed by atoms with van der Waals surface area (Å²) in [5, 5.41) is 9.66. The summed E-state index contributed by atoms with van der Waals surface area (Å²) in [5.41, 5.74) is 1.85. The second-order valence-electron chi connectivity index (χ2n) is 4.59. The highest BCUT2D eigenvalue weighted by Crippen LogP contribution is 2.02. The van der Waals surface area contributed by atoms with E-state index < -0.39 is 9.84 Å². The molecule has 6 nitrogen and oxygen atoms in total. The third kappa shape index (κ3) is 5.81. The Morgan fingerprint density at radius 3 is 2.72 bits per heavy atom. The lowest BCUT2D eigenvalue weighted by atomic mass is 10.2. The average molecular weight is 273 g/mol. The van der Waals surface area contributed by atoms with Gasteiger partial charge < -0.3 is 5.32 Å². The Morgan fingerprint density at radius 1 is 1.56 bits per heavy atom. The van der Waals surface area contributed by atoms with Gasteiger partial charge >= 0.3 is 0 Å². The van der Waals surface area contributed by atoms with E-state index in [0.29, 0.717) is 6.42 Å². The lowest BCUT2D eigenvalue weighted by molar-refractivity contribution is -0.121. The molecule has 0 saturated heterocycles. The van der Waals surface area contributed by atoms with Gasteiger partial charge in [-0.05, 0) is 19.9 Å². The van der Waals surface area contributed by atoms with E-state index in [9.17, 15) is 13.2 Å². The van der Waals surface area contributed by atoms with Crippen molar-refractivity contribution in [2.24, 2.45) is 0 Å². The van der Waals surface area contributed by atoms with E-state index in [2.05, 4.69) is 15.5 Å². The van der Waals surface area contributed by atoms with Gasteiger partial charge in [0.25, 0.3) is 0 Å². The van der Waals surface area contributed by atoms with Gasteiger partial charge in [0.15, 0.2) is 0 Å². The van der Waals surface area contributed by atoms with Crippen molar-refractivity contribution in [3.63, 3.8) is 0 Å². The van der Waals surface area contributed by atoms with Gasteiger partial charge in [0, 0.05) is 30.8 Å². The van der Waals surface area contributed by atoms with Gasteiger partial charge in [-0.15, -0.1) is 0 Å². The maximum Gasteiger partial charge on any atom is 0.221 e. The number of amides is 1. The van der Waals surface area contributed by atoms with Crippen LogP contribution in [0, 0.1) is 6.92 Å². The van der Waals surface area contributed by atoms with Crippen LogP contribution in [0.3, 0.4) is 0 Å². The number of aromatic amines is 1. The number of nitrogens with one attached hydrogen (secondary N) is 2. The van der Waals surface area contributed by atoms with Crippen LogP contribution < -0.4 is 5.32 Å². The molecule has 0 saturated carbocycles. The van der Waals surface area contributed by atoms with E-state index in [1.165, 1.54) is 0 Å². The summed E-state index contributed by atoms with van der Waals surface area (Å²) in [7, 11) is -3.09. The van der Waals surface area contributed by atoms with Crippen molar-refractivity contribution in [3.05, 3.63) is 17.5 Å². The Kier molecular flexibility index (Phi) is 4.89. The fraction of sp³-hybridized carbons (Fsp3) is 0.636. The zero-order valence-corrected chi connectivity index (χ0v) is 11.7. The lowest BCUT2D eigenvalue weighted by Crippen LogP contribution is -2.35. The molecule has 1 atom stereocenters. The summed E-state index contributed by atoms with van der Waals surface area (Å²) in [6, 6.07) is 1.85. The standard InChI is InChI=1S/C11H19N3O3S/c1-8(6-10-7-9(2)13-14-10)12-11(15)4-5-18(3,16)17/h7-8H,4-6H2,1-3H3,(H,12,15)(H,13,14). The number of sulfone groups is 1. The zero-order valence-electron chi connectivity index (χ0n) is 10.9. The van der Waals surface area contributed by atoms with Crippen molar-refractivity contribution in [3.8, 4) is 0 Å². The summed E-state index contributed by atoms with van der Waals surface area (Å²) in [5.74, 6) is -0.368. The molecule has 1 aromatic heterocycles. The van der Waals surface area contributed by atoms with Crippen molar-refractivity contribution in [1.82, 2.24) is 15.5 Å². The third-order valence-corrected chi connectivity index (χ3v) is 3.33. The maximum absolute atomic E-state index is 11.5. The summed E-state index contributed by atoms with van der Waals surface area (Å²) >= 11 is 0. The van der Waals surface area contributed by atoms with E-state index in [1.807, 2.05) is 19.9 Å². The highest BCUT2D eigenvalue weighted by Gasteiger charge is 2.12. The number of aromatic nitrogens is 2. The van der Waals surface area contributed by atoms with Crippen LogP contribution in [0.25, 0.3) is 0 Å². The van der Waals surface area contributed by atoms with Crippen LogP contribution in [0.5, 0.6) is 0 Å². The van der Waals surface area contributed by atoms with Crippen LogP contribution >= 0.6 is 0 Å². The topological polar surface area (TPSA) is 91.9 Å². The molecular weight excluding hydrogens is 254 g/mol. The highest BCUT2D eigenvalue weighted by atomic mass is 32.2. The van der Waals surface area contributed by atoms with Gasteiger partial charge in [-0.3, -0.25) is 9.89 Å². The smallest absolute Gasteiger partial charge is 0.221 e. The number of aryl methyl sites for hydroxylation is 1. The van der Waals surface area contributed by atoms with E-state index in [-0.39, 0.29) is 24.1 Å². The molecule has 1 unspecified atom stereocenters. The fourth-order valence-electron chi connectivity index (χ4n) is 1.57. The molecule has 0 aliphatic heterocycles. The van der Waals surface area contributed by atoms with Crippen molar-refractivity contribution in [2.75, 3.05) is 12.0 Å². The van der Waals surface area contributed by atoms with Crippen molar-refractivity contribution in [1.29, 1.82) is 0 Å². The molecule has 0 spiro atoms. The molecule has 7 heteroatoms. The normalized spacial score (nSPS) is 13.3. The second kappa shape index (κ2) is 5.99. The number of nitrogens with zero attached hydrogens (tertiary/aromatic N) is 1. The SMILES string of the molecule is Cc1cc(CC(C)NC(=O)CCS(C)(=O)=O)n[nH]1. The van der Waals surface area contributed by atoms with Crippen LogP contribution in [-0.4, -0.2) is 42.6 Å². The number of H-pyrrole nitrogens is 1. The molecule has 1 amide bonds. The summed E-state index contributed by atoms with van der Waals surface area (Å²) in [6.45, 7) is 3.77. The molecule has 0 aliphatic carbocycles. The first kappa shape index (κ1) is 14.7. The number of hydrogen-bond donors (Lipinski definition) is 2. The summed E-state index contributed by atoms with van der Waals surface area (Å²) < 4.78 is 21.8. The fourth-order valence-corrected chi connectivity index (χ4v) is 2.13. The van der Waals surface area contributed by atoms with E-state index in [0.717, 1.165) is 17.6 Å². The zero-order chi connectivity index (χ0) is 13.8. The molecule has 18 heavy (non-hydrogen) atoms. The first-order valence-corrected chi connectivity index (χ1v) is 7.80. The molecule has 0 fully saturated rings. The predicted octanol–water partition coefficient (Wildman–Crippen LogP) is 0.200. The van der Waals surface area contributed by atoms with Gasteiger partial charge in [-0.2, -0.15) is 5.10 Å². The molecule has 1 aromatic rings. The minimum absolute atomic E-state index is 0.00274. The quantitative estimate of drug-likeness (QED) is 0.774. The van der Waals surface area contributed by atoms with E-state index in [1.54, 1.807) is 0 Å². The highest BCUT2D eigenvalue weighted by molar-refractivity contribution is 7.90. The molecule has 1 rings (SSSR count). The number of carbonyl (C=O) groups is 1. The molecule has 102 valence electrons. The maximum atomic E-state index is 11.5.